The first-order chi connectivity index (χ1) is 28.4. The Morgan fingerprint density at radius 3 is 1.59 bits per heavy atom. The highest BCUT2D eigenvalue weighted by molar-refractivity contribution is 5.88. The molecule has 2 aliphatic rings. The van der Waals surface area contributed by atoms with Crippen molar-refractivity contribution >= 4 is 23.1 Å². The summed E-state index contributed by atoms with van der Waals surface area (Å²) in [4.78, 5) is 2.43. The summed E-state index contributed by atoms with van der Waals surface area (Å²) in [5.74, 6) is 0. The Morgan fingerprint density at radius 1 is 0.448 bits per heavy atom. The SMILES string of the molecule is C=C/C=C\c1cccc(-c2ccc(N(c3ccc(C4(c5ccccc5)c5ccccc5-c5ccccc54)cc3)c3ccc4c(c3)C(C)(C)c3ccccc3-4)cc2)c1C. The van der Waals surface area contributed by atoms with Crippen molar-refractivity contribution in [3.63, 3.8) is 0 Å². The summed E-state index contributed by atoms with van der Waals surface area (Å²) in [6, 6.07) is 69.8. The Morgan fingerprint density at radius 2 is 0.948 bits per heavy atom. The molecule has 0 saturated carbocycles. The molecule has 0 fully saturated rings. The normalized spacial score (nSPS) is 14.1. The fourth-order valence-electron chi connectivity index (χ4n) is 9.96. The third kappa shape index (κ3) is 5.38. The first-order valence-electron chi connectivity index (χ1n) is 20.3. The second-order valence-corrected chi connectivity index (χ2v) is 16.2. The molecule has 0 unspecified atom stereocenters. The first kappa shape index (κ1) is 35.5. The summed E-state index contributed by atoms with van der Waals surface area (Å²) >= 11 is 0. The zero-order valence-corrected chi connectivity index (χ0v) is 33.3. The van der Waals surface area contributed by atoms with Gasteiger partial charge in [0, 0.05) is 22.5 Å². The molecule has 0 atom stereocenters. The summed E-state index contributed by atoms with van der Waals surface area (Å²) in [6.45, 7) is 10.8. The molecular formula is C57H45N. The number of nitrogens with zero attached hydrogens (tertiary/aromatic N) is 1. The molecule has 0 radical (unpaired) electrons. The van der Waals surface area contributed by atoms with Crippen molar-refractivity contribution in [3.8, 4) is 33.4 Å². The fraction of sp³-hybridized carbons (Fsp3) is 0.0877. The van der Waals surface area contributed by atoms with Crippen LogP contribution in [-0.4, -0.2) is 0 Å². The predicted octanol–water partition coefficient (Wildman–Crippen LogP) is 15.0. The van der Waals surface area contributed by atoms with Crippen molar-refractivity contribution in [2.75, 3.05) is 4.90 Å². The van der Waals surface area contributed by atoms with E-state index in [9.17, 15) is 0 Å². The Labute approximate surface area is 342 Å². The number of rotatable bonds is 8. The van der Waals surface area contributed by atoms with Crippen LogP contribution < -0.4 is 4.90 Å². The highest BCUT2D eigenvalue weighted by atomic mass is 15.1. The molecular weight excluding hydrogens is 699 g/mol. The number of hydrogen-bond acceptors (Lipinski definition) is 1. The van der Waals surface area contributed by atoms with Crippen LogP contribution in [0.5, 0.6) is 0 Å². The summed E-state index contributed by atoms with van der Waals surface area (Å²) in [7, 11) is 0. The topological polar surface area (TPSA) is 3.24 Å². The molecule has 0 bridgehead atoms. The quantitative estimate of drug-likeness (QED) is 0.140. The number of anilines is 3. The van der Waals surface area contributed by atoms with E-state index in [1.165, 1.54) is 77.9 Å². The van der Waals surface area contributed by atoms with Crippen molar-refractivity contribution in [1.82, 2.24) is 0 Å². The van der Waals surface area contributed by atoms with Gasteiger partial charge in [0.15, 0.2) is 0 Å². The van der Waals surface area contributed by atoms with Crippen LogP contribution in [0.1, 0.15) is 58.4 Å². The first-order valence-corrected chi connectivity index (χ1v) is 20.3. The van der Waals surface area contributed by atoms with Crippen LogP contribution in [0.25, 0.3) is 39.5 Å². The van der Waals surface area contributed by atoms with Gasteiger partial charge in [-0.15, -0.1) is 0 Å². The van der Waals surface area contributed by atoms with E-state index < -0.39 is 5.41 Å². The molecule has 0 amide bonds. The summed E-state index contributed by atoms with van der Waals surface area (Å²) in [6.07, 6.45) is 5.96. The molecule has 0 heterocycles. The van der Waals surface area contributed by atoms with E-state index in [1.807, 2.05) is 12.2 Å². The van der Waals surface area contributed by atoms with E-state index in [1.54, 1.807) is 0 Å². The van der Waals surface area contributed by atoms with E-state index >= 15 is 0 Å². The molecule has 2 aliphatic carbocycles. The lowest BCUT2D eigenvalue weighted by atomic mass is 9.68. The molecule has 8 aromatic carbocycles. The van der Waals surface area contributed by atoms with Gasteiger partial charge in [-0.3, -0.25) is 0 Å². The summed E-state index contributed by atoms with van der Waals surface area (Å²) in [5, 5.41) is 0. The van der Waals surface area contributed by atoms with Crippen LogP contribution in [0.4, 0.5) is 17.1 Å². The van der Waals surface area contributed by atoms with Crippen LogP contribution in [0.3, 0.4) is 0 Å². The van der Waals surface area contributed by atoms with Gasteiger partial charge in [-0.05, 0) is 121 Å². The van der Waals surface area contributed by atoms with E-state index in [2.05, 4.69) is 226 Å². The van der Waals surface area contributed by atoms with Gasteiger partial charge in [0.1, 0.15) is 0 Å². The molecule has 0 N–H and O–H groups in total. The minimum absolute atomic E-state index is 0.116. The predicted molar refractivity (Wildman–Crippen MR) is 245 cm³/mol. The Bertz CT molecular complexity index is 2830. The number of allylic oxidation sites excluding steroid dienone is 2. The van der Waals surface area contributed by atoms with Gasteiger partial charge in [-0.2, -0.15) is 0 Å². The lowest BCUT2D eigenvalue weighted by molar-refractivity contribution is 0.660. The average Bonchev–Trinajstić information content (AvgIpc) is 3.70. The van der Waals surface area contributed by atoms with Crippen LogP contribution in [-0.2, 0) is 10.8 Å². The van der Waals surface area contributed by atoms with Gasteiger partial charge in [0.2, 0.25) is 0 Å². The zero-order valence-electron chi connectivity index (χ0n) is 33.3. The van der Waals surface area contributed by atoms with Gasteiger partial charge in [0.05, 0.1) is 5.41 Å². The largest absolute Gasteiger partial charge is 0.310 e. The molecule has 1 nitrogen and oxygen atoms in total. The molecule has 0 aliphatic heterocycles. The van der Waals surface area contributed by atoms with E-state index in [4.69, 9.17) is 0 Å². The number of hydrogen-bond donors (Lipinski definition) is 0. The van der Waals surface area contributed by atoms with Crippen LogP contribution >= 0.6 is 0 Å². The van der Waals surface area contributed by atoms with Crippen LogP contribution in [0.2, 0.25) is 0 Å². The molecule has 0 spiro atoms. The van der Waals surface area contributed by atoms with E-state index in [0.29, 0.717) is 0 Å². The standard InChI is InChI=1S/C57H45N/c1-5-6-17-40-18-16-24-47(39(40)2)41-28-32-44(33-29-41)58(46-36-37-51-48-21-10-13-25-52(48)56(3,4)55(51)38-46)45-34-30-43(31-35-45)57(42-19-8-7-9-20-42)53-26-14-11-22-49(53)50-23-12-15-27-54(50)57/h5-38H,1H2,2-4H3/b17-6-. The summed E-state index contributed by atoms with van der Waals surface area (Å²) in [5.41, 5.74) is 20.8. The van der Waals surface area contributed by atoms with Crippen LogP contribution in [0, 0.1) is 6.92 Å². The Balaban J connectivity index is 1.13. The highest BCUT2D eigenvalue weighted by Gasteiger charge is 2.46. The smallest absolute Gasteiger partial charge is 0.0713 e. The summed E-state index contributed by atoms with van der Waals surface area (Å²) < 4.78 is 0. The van der Waals surface area contributed by atoms with Crippen molar-refractivity contribution in [2.24, 2.45) is 0 Å². The monoisotopic (exact) mass is 743 g/mol. The van der Waals surface area contributed by atoms with Gasteiger partial charge in [0.25, 0.3) is 0 Å². The lowest BCUT2D eigenvalue weighted by Crippen LogP contribution is -2.28. The van der Waals surface area contributed by atoms with E-state index in [0.717, 1.165) is 17.1 Å². The second kappa shape index (κ2) is 13.9. The minimum Gasteiger partial charge on any atom is -0.310 e. The number of benzene rings is 8. The zero-order chi connectivity index (χ0) is 39.4. The molecule has 0 aromatic heterocycles. The minimum atomic E-state index is -0.448. The van der Waals surface area contributed by atoms with Gasteiger partial charge >= 0.3 is 0 Å². The van der Waals surface area contributed by atoms with Crippen molar-refractivity contribution in [3.05, 3.63) is 251 Å². The average molecular weight is 744 g/mol. The molecule has 8 aromatic rings. The van der Waals surface area contributed by atoms with Crippen molar-refractivity contribution in [2.45, 2.75) is 31.6 Å². The molecule has 0 saturated heterocycles. The maximum atomic E-state index is 3.87. The second-order valence-electron chi connectivity index (χ2n) is 16.2. The fourth-order valence-corrected chi connectivity index (χ4v) is 9.96. The third-order valence-corrected chi connectivity index (χ3v) is 12.8. The Kier molecular flexibility index (Phi) is 8.50. The van der Waals surface area contributed by atoms with Gasteiger partial charge in [-0.25, -0.2) is 0 Å². The third-order valence-electron chi connectivity index (χ3n) is 12.8. The van der Waals surface area contributed by atoms with Crippen molar-refractivity contribution in [1.29, 1.82) is 0 Å². The van der Waals surface area contributed by atoms with E-state index in [-0.39, 0.29) is 5.41 Å². The van der Waals surface area contributed by atoms with Crippen LogP contribution in [0.15, 0.2) is 207 Å². The maximum Gasteiger partial charge on any atom is 0.0713 e. The molecule has 278 valence electrons. The highest BCUT2D eigenvalue weighted by Crippen LogP contribution is 2.56. The van der Waals surface area contributed by atoms with Crippen molar-refractivity contribution < 1.29 is 0 Å². The maximum absolute atomic E-state index is 3.87. The molecule has 58 heavy (non-hydrogen) atoms. The number of fused-ring (bicyclic) bond motifs is 6. The lowest BCUT2D eigenvalue weighted by Gasteiger charge is -2.34. The van der Waals surface area contributed by atoms with Gasteiger partial charge in [-0.1, -0.05) is 190 Å². The molecule has 10 rings (SSSR count). The van der Waals surface area contributed by atoms with Gasteiger partial charge < -0.3 is 4.90 Å². The Hall–Kier alpha value is -6.96. The molecule has 1 heteroatoms.